The molecule has 3 aliphatic rings. The standard InChI is InChI=1S/C19H26N4O2/c1-13(2)22-9-3-7-19(18(22)25)8-4-10-23(19)17(24)15-11-20-16(21-12-15)14-5-6-14/h11-14H,3-10H2,1-2H3. The van der Waals surface area contributed by atoms with Crippen molar-refractivity contribution in [2.75, 3.05) is 13.1 Å². The number of carbonyl (C=O) groups excluding carboxylic acids is 2. The Hall–Kier alpha value is -1.98. The SMILES string of the molecule is CC(C)N1CCCC2(CCCN2C(=O)c2cnc(C3CC3)nc2)C1=O. The van der Waals surface area contributed by atoms with E-state index in [0.29, 0.717) is 18.0 Å². The van der Waals surface area contributed by atoms with Crippen LogP contribution in [-0.2, 0) is 4.79 Å². The molecule has 0 bridgehead atoms. The number of hydrogen-bond donors (Lipinski definition) is 0. The second-order valence-electron chi connectivity index (χ2n) is 7.89. The van der Waals surface area contributed by atoms with Gasteiger partial charge in [0.25, 0.3) is 5.91 Å². The lowest BCUT2D eigenvalue weighted by Gasteiger charge is -2.46. The minimum absolute atomic E-state index is 0.0983. The largest absolute Gasteiger partial charge is 0.338 e. The molecule has 1 aromatic heterocycles. The number of rotatable bonds is 3. The Bertz CT molecular complexity index is 683. The predicted octanol–water partition coefficient (Wildman–Crippen LogP) is 2.36. The van der Waals surface area contributed by atoms with E-state index in [1.165, 1.54) is 0 Å². The van der Waals surface area contributed by atoms with Gasteiger partial charge in [-0.1, -0.05) is 0 Å². The molecule has 1 atom stereocenters. The van der Waals surface area contributed by atoms with E-state index < -0.39 is 5.54 Å². The molecule has 0 radical (unpaired) electrons. The molecule has 0 N–H and O–H groups in total. The van der Waals surface area contributed by atoms with E-state index in [1.54, 1.807) is 17.3 Å². The zero-order valence-electron chi connectivity index (χ0n) is 15.1. The van der Waals surface area contributed by atoms with Gasteiger partial charge < -0.3 is 9.80 Å². The molecule has 6 heteroatoms. The Morgan fingerprint density at radius 1 is 1.16 bits per heavy atom. The van der Waals surface area contributed by atoms with Gasteiger partial charge in [0.05, 0.1) is 5.56 Å². The van der Waals surface area contributed by atoms with Gasteiger partial charge in [0.15, 0.2) is 0 Å². The topological polar surface area (TPSA) is 66.4 Å². The van der Waals surface area contributed by atoms with Gasteiger partial charge in [-0.15, -0.1) is 0 Å². The highest BCUT2D eigenvalue weighted by Gasteiger charge is 2.53. The van der Waals surface area contributed by atoms with Crippen molar-refractivity contribution < 1.29 is 9.59 Å². The minimum atomic E-state index is -0.658. The number of aromatic nitrogens is 2. The third kappa shape index (κ3) is 2.71. The van der Waals surface area contributed by atoms with Gasteiger partial charge in [0, 0.05) is 37.4 Å². The third-order valence-corrected chi connectivity index (χ3v) is 5.87. The molecule has 2 saturated heterocycles. The molecule has 134 valence electrons. The second kappa shape index (κ2) is 6.07. The van der Waals surface area contributed by atoms with E-state index in [0.717, 1.165) is 50.9 Å². The fourth-order valence-electron chi connectivity index (χ4n) is 4.32. The molecule has 2 aliphatic heterocycles. The molecule has 3 fully saturated rings. The number of piperidine rings is 1. The number of nitrogens with zero attached hydrogens (tertiary/aromatic N) is 4. The molecular formula is C19H26N4O2. The Balaban J connectivity index is 1.59. The lowest BCUT2D eigenvalue weighted by molar-refractivity contribution is -0.147. The fourth-order valence-corrected chi connectivity index (χ4v) is 4.32. The van der Waals surface area contributed by atoms with Crippen LogP contribution in [0.5, 0.6) is 0 Å². The highest BCUT2D eigenvalue weighted by molar-refractivity contribution is 5.99. The van der Waals surface area contributed by atoms with Crippen LogP contribution in [0.4, 0.5) is 0 Å². The van der Waals surface area contributed by atoms with E-state index in [1.807, 2.05) is 18.7 Å². The lowest BCUT2D eigenvalue weighted by atomic mass is 9.84. The molecule has 1 aromatic rings. The summed E-state index contributed by atoms with van der Waals surface area (Å²) in [6.07, 6.45) is 8.92. The summed E-state index contributed by atoms with van der Waals surface area (Å²) in [5.41, 5.74) is -0.158. The van der Waals surface area contributed by atoms with Crippen LogP contribution in [0.25, 0.3) is 0 Å². The maximum absolute atomic E-state index is 13.2. The van der Waals surface area contributed by atoms with Crippen LogP contribution in [0.1, 0.15) is 74.5 Å². The van der Waals surface area contributed by atoms with Crippen molar-refractivity contribution >= 4 is 11.8 Å². The number of hydrogen-bond acceptors (Lipinski definition) is 4. The molecule has 1 aliphatic carbocycles. The van der Waals surface area contributed by atoms with Gasteiger partial charge in [-0.05, 0) is 52.4 Å². The van der Waals surface area contributed by atoms with E-state index in [9.17, 15) is 9.59 Å². The van der Waals surface area contributed by atoms with Gasteiger partial charge in [-0.2, -0.15) is 0 Å². The van der Waals surface area contributed by atoms with Gasteiger partial charge in [-0.25, -0.2) is 9.97 Å². The summed E-state index contributed by atoms with van der Waals surface area (Å²) in [6, 6.07) is 0.170. The van der Waals surface area contributed by atoms with Gasteiger partial charge in [0.1, 0.15) is 11.4 Å². The summed E-state index contributed by atoms with van der Waals surface area (Å²) in [4.78, 5) is 38.8. The van der Waals surface area contributed by atoms with Crippen molar-refractivity contribution in [3.8, 4) is 0 Å². The maximum Gasteiger partial charge on any atom is 0.257 e. The van der Waals surface area contributed by atoms with E-state index in [-0.39, 0.29) is 17.9 Å². The van der Waals surface area contributed by atoms with E-state index in [4.69, 9.17) is 0 Å². The molecule has 2 amide bonds. The van der Waals surface area contributed by atoms with Crippen LogP contribution >= 0.6 is 0 Å². The lowest BCUT2D eigenvalue weighted by Crippen LogP contribution is -2.62. The minimum Gasteiger partial charge on any atom is -0.338 e. The predicted molar refractivity (Wildman–Crippen MR) is 93.1 cm³/mol. The normalized spacial score (nSPS) is 26.8. The summed E-state index contributed by atoms with van der Waals surface area (Å²) in [7, 11) is 0. The molecule has 25 heavy (non-hydrogen) atoms. The van der Waals surface area contributed by atoms with Gasteiger partial charge in [-0.3, -0.25) is 9.59 Å². The molecule has 4 rings (SSSR count). The molecule has 1 spiro atoms. The average Bonchev–Trinajstić information content (AvgIpc) is 3.38. The number of likely N-dealkylation sites (tertiary alicyclic amines) is 2. The molecule has 3 heterocycles. The smallest absolute Gasteiger partial charge is 0.257 e. The highest BCUT2D eigenvalue weighted by Crippen LogP contribution is 2.40. The van der Waals surface area contributed by atoms with Crippen LogP contribution in [0.2, 0.25) is 0 Å². The average molecular weight is 342 g/mol. The summed E-state index contributed by atoms with van der Waals surface area (Å²) >= 11 is 0. The Morgan fingerprint density at radius 3 is 2.40 bits per heavy atom. The maximum atomic E-state index is 13.2. The highest BCUT2D eigenvalue weighted by atomic mass is 16.2. The van der Waals surface area contributed by atoms with Crippen molar-refractivity contribution in [2.45, 2.75) is 69.9 Å². The first kappa shape index (κ1) is 16.5. The Kier molecular flexibility index (Phi) is 4.01. The summed E-state index contributed by atoms with van der Waals surface area (Å²) in [6.45, 7) is 5.52. The molecular weight excluding hydrogens is 316 g/mol. The van der Waals surface area contributed by atoms with Crippen molar-refractivity contribution in [2.24, 2.45) is 0 Å². The van der Waals surface area contributed by atoms with Crippen molar-refractivity contribution in [3.05, 3.63) is 23.8 Å². The molecule has 1 saturated carbocycles. The zero-order valence-corrected chi connectivity index (χ0v) is 15.1. The second-order valence-corrected chi connectivity index (χ2v) is 7.89. The molecule has 1 unspecified atom stereocenters. The first-order chi connectivity index (χ1) is 12.0. The van der Waals surface area contributed by atoms with Crippen molar-refractivity contribution in [1.29, 1.82) is 0 Å². The van der Waals surface area contributed by atoms with Crippen LogP contribution < -0.4 is 0 Å². The monoisotopic (exact) mass is 342 g/mol. The van der Waals surface area contributed by atoms with Crippen LogP contribution in [0, 0.1) is 0 Å². The summed E-state index contributed by atoms with van der Waals surface area (Å²) < 4.78 is 0. The van der Waals surface area contributed by atoms with E-state index >= 15 is 0 Å². The summed E-state index contributed by atoms with van der Waals surface area (Å²) in [5, 5.41) is 0. The number of amides is 2. The van der Waals surface area contributed by atoms with Crippen molar-refractivity contribution in [1.82, 2.24) is 19.8 Å². The number of carbonyl (C=O) groups is 2. The quantitative estimate of drug-likeness (QED) is 0.846. The van der Waals surface area contributed by atoms with Crippen LogP contribution in [-0.4, -0.2) is 56.3 Å². The zero-order chi connectivity index (χ0) is 17.6. The van der Waals surface area contributed by atoms with Crippen molar-refractivity contribution in [3.63, 3.8) is 0 Å². The van der Waals surface area contributed by atoms with E-state index in [2.05, 4.69) is 9.97 Å². The van der Waals surface area contributed by atoms with Crippen LogP contribution in [0.15, 0.2) is 12.4 Å². The third-order valence-electron chi connectivity index (χ3n) is 5.87. The fraction of sp³-hybridized carbons (Fsp3) is 0.684. The first-order valence-corrected chi connectivity index (χ1v) is 9.48. The van der Waals surface area contributed by atoms with Gasteiger partial charge >= 0.3 is 0 Å². The Labute approximate surface area is 148 Å². The van der Waals surface area contributed by atoms with Gasteiger partial charge in [0.2, 0.25) is 5.91 Å². The Morgan fingerprint density at radius 2 is 1.80 bits per heavy atom. The summed E-state index contributed by atoms with van der Waals surface area (Å²) in [5.74, 6) is 1.34. The molecule has 0 aromatic carbocycles. The molecule has 6 nitrogen and oxygen atoms in total. The first-order valence-electron chi connectivity index (χ1n) is 9.48. The van der Waals surface area contributed by atoms with Crippen LogP contribution in [0.3, 0.4) is 0 Å².